The maximum absolute atomic E-state index is 12.4. The fourth-order valence-electron chi connectivity index (χ4n) is 3.27. The molecule has 0 saturated carbocycles. The number of H-pyrrole nitrogens is 1. The van der Waals surface area contributed by atoms with Gasteiger partial charge >= 0.3 is 0 Å². The van der Waals surface area contributed by atoms with Crippen molar-refractivity contribution in [1.29, 1.82) is 0 Å². The van der Waals surface area contributed by atoms with Crippen molar-refractivity contribution in [1.82, 2.24) is 20.1 Å². The number of carbonyl (C=O) groups excluding carboxylic acids is 1. The highest BCUT2D eigenvalue weighted by atomic mass is 32.2. The van der Waals surface area contributed by atoms with E-state index < -0.39 is 0 Å². The number of amides is 1. The normalized spacial score (nSPS) is 20.5. The predicted molar refractivity (Wildman–Crippen MR) is 98.6 cm³/mol. The molecule has 2 aromatic rings. The first kappa shape index (κ1) is 17.8. The van der Waals surface area contributed by atoms with Gasteiger partial charge in [0.25, 0.3) is 0 Å². The summed E-state index contributed by atoms with van der Waals surface area (Å²) in [7, 11) is 1.64. The van der Waals surface area contributed by atoms with Crippen LogP contribution >= 0.6 is 11.8 Å². The Morgan fingerprint density at radius 1 is 1.28 bits per heavy atom. The third-order valence-electron chi connectivity index (χ3n) is 4.37. The fraction of sp³-hybridized carbons (Fsp3) is 0.500. The molecule has 1 fully saturated rings. The number of carbonyl (C=O) groups is 1. The fourth-order valence-corrected chi connectivity index (χ4v) is 3.97. The minimum atomic E-state index is 0.166. The Morgan fingerprint density at radius 3 is 2.60 bits per heavy atom. The SMILES string of the molecule is COc1ccc(-c2nc(SCC(=O)N3C[C@H](C)C[C@@H](C)C3)n[nH]2)cc1. The molecule has 2 atom stereocenters. The molecule has 1 aromatic carbocycles. The van der Waals surface area contributed by atoms with Crippen molar-refractivity contribution in [2.45, 2.75) is 25.4 Å². The Balaban J connectivity index is 1.57. The Labute approximate surface area is 152 Å². The van der Waals surface area contributed by atoms with Crippen molar-refractivity contribution in [3.05, 3.63) is 24.3 Å². The summed E-state index contributed by atoms with van der Waals surface area (Å²) in [5.41, 5.74) is 0.935. The Hall–Kier alpha value is -2.02. The zero-order chi connectivity index (χ0) is 17.8. The summed E-state index contributed by atoms with van der Waals surface area (Å²) < 4.78 is 5.16. The molecule has 3 rings (SSSR count). The number of thioether (sulfide) groups is 1. The van der Waals surface area contributed by atoms with Crippen molar-refractivity contribution in [3.8, 4) is 17.1 Å². The van der Waals surface area contributed by atoms with Gasteiger partial charge in [0.2, 0.25) is 11.1 Å². The second-order valence-electron chi connectivity index (χ2n) is 6.73. The standard InChI is InChI=1S/C18H24N4O2S/c1-12-8-13(2)10-22(9-12)16(23)11-25-18-19-17(20-21-18)14-4-6-15(24-3)7-5-14/h4-7,12-13H,8-11H2,1-3H3,(H,19,20,21)/t12-,13-/m1/s1. The van der Waals surface area contributed by atoms with Gasteiger partial charge in [-0.3, -0.25) is 9.89 Å². The number of piperidine rings is 1. The molecule has 0 unspecified atom stereocenters. The first-order valence-electron chi connectivity index (χ1n) is 8.52. The average molecular weight is 360 g/mol. The van der Waals surface area contributed by atoms with Gasteiger partial charge in [0, 0.05) is 18.7 Å². The van der Waals surface area contributed by atoms with E-state index >= 15 is 0 Å². The molecule has 1 aliphatic heterocycles. The summed E-state index contributed by atoms with van der Waals surface area (Å²) >= 11 is 1.38. The molecule has 1 N–H and O–H groups in total. The number of rotatable bonds is 5. The van der Waals surface area contributed by atoms with Gasteiger partial charge in [0.05, 0.1) is 12.9 Å². The van der Waals surface area contributed by atoms with Crippen LogP contribution in [-0.2, 0) is 4.79 Å². The van der Waals surface area contributed by atoms with Crippen LogP contribution in [0.4, 0.5) is 0 Å². The lowest BCUT2D eigenvalue weighted by Crippen LogP contribution is -2.43. The van der Waals surface area contributed by atoms with E-state index in [9.17, 15) is 4.79 Å². The third-order valence-corrected chi connectivity index (χ3v) is 5.21. The molecular formula is C18H24N4O2S. The maximum Gasteiger partial charge on any atom is 0.233 e. The quantitative estimate of drug-likeness (QED) is 0.830. The highest BCUT2D eigenvalue weighted by Gasteiger charge is 2.25. The van der Waals surface area contributed by atoms with Gasteiger partial charge in [-0.15, -0.1) is 5.10 Å². The molecule has 1 aromatic heterocycles. The molecule has 1 amide bonds. The molecule has 1 saturated heterocycles. The molecule has 1 aliphatic rings. The van der Waals surface area contributed by atoms with Gasteiger partial charge in [-0.25, -0.2) is 4.98 Å². The molecule has 0 bridgehead atoms. The van der Waals surface area contributed by atoms with Crippen LogP contribution in [0.3, 0.4) is 0 Å². The van der Waals surface area contributed by atoms with Gasteiger partial charge in [0.1, 0.15) is 5.75 Å². The number of aromatic nitrogens is 3. The van der Waals surface area contributed by atoms with Crippen LogP contribution in [0.1, 0.15) is 20.3 Å². The number of nitrogens with one attached hydrogen (secondary N) is 1. The van der Waals surface area contributed by atoms with Crippen molar-refractivity contribution < 1.29 is 9.53 Å². The second-order valence-corrected chi connectivity index (χ2v) is 7.67. The van der Waals surface area contributed by atoms with Gasteiger partial charge in [0.15, 0.2) is 5.82 Å². The Morgan fingerprint density at radius 2 is 1.96 bits per heavy atom. The highest BCUT2D eigenvalue weighted by molar-refractivity contribution is 7.99. The molecule has 25 heavy (non-hydrogen) atoms. The van der Waals surface area contributed by atoms with Crippen molar-refractivity contribution in [3.63, 3.8) is 0 Å². The van der Waals surface area contributed by atoms with Gasteiger partial charge in [-0.1, -0.05) is 25.6 Å². The van der Waals surface area contributed by atoms with E-state index in [1.807, 2.05) is 29.2 Å². The average Bonchev–Trinajstić information content (AvgIpc) is 3.08. The Kier molecular flexibility index (Phi) is 5.63. The van der Waals surface area contributed by atoms with Crippen molar-refractivity contribution in [2.24, 2.45) is 11.8 Å². The number of benzene rings is 1. The minimum Gasteiger partial charge on any atom is -0.497 e. The minimum absolute atomic E-state index is 0.166. The molecular weight excluding hydrogens is 336 g/mol. The molecule has 0 aliphatic carbocycles. The molecule has 6 nitrogen and oxygen atoms in total. The van der Waals surface area contributed by atoms with Crippen LogP contribution in [0.2, 0.25) is 0 Å². The molecule has 2 heterocycles. The molecule has 134 valence electrons. The van der Waals surface area contributed by atoms with Crippen LogP contribution in [-0.4, -0.2) is 51.9 Å². The number of methoxy groups -OCH3 is 1. The lowest BCUT2D eigenvalue weighted by molar-refractivity contribution is -0.130. The summed E-state index contributed by atoms with van der Waals surface area (Å²) in [6, 6.07) is 7.62. The lowest BCUT2D eigenvalue weighted by Gasteiger charge is -2.34. The third kappa shape index (κ3) is 4.54. The van der Waals surface area contributed by atoms with E-state index in [1.54, 1.807) is 7.11 Å². The largest absolute Gasteiger partial charge is 0.497 e. The van der Waals surface area contributed by atoms with Crippen LogP contribution in [0.15, 0.2) is 29.4 Å². The van der Waals surface area contributed by atoms with Gasteiger partial charge < -0.3 is 9.64 Å². The van der Waals surface area contributed by atoms with E-state index in [0.29, 0.717) is 28.6 Å². The lowest BCUT2D eigenvalue weighted by atomic mass is 9.92. The number of hydrogen-bond acceptors (Lipinski definition) is 5. The molecule has 0 radical (unpaired) electrons. The van der Waals surface area contributed by atoms with E-state index in [0.717, 1.165) is 24.4 Å². The number of aromatic amines is 1. The van der Waals surface area contributed by atoms with E-state index in [4.69, 9.17) is 4.74 Å². The number of likely N-dealkylation sites (tertiary alicyclic amines) is 1. The summed E-state index contributed by atoms with van der Waals surface area (Å²) in [6.07, 6.45) is 1.20. The smallest absolute Gasteiger partial charge is 0.233 e. The zero-order valence-electron chi connectivity index (χ0n) is 14.9. The maximum atomic E-state index is 12.4. The van der Waals surface area contributed by atoms with Gasteiger partial charge in [-0.05, 0) is 42.5 Å². The summed E-state index contributed by atoms with van der Waals surface area (Å²) in [4.78, 5) is 18.9. The molecule has 0 spiro atoms. The summed E-state index contributed by atoms with van der Waals surface area (Å²) in [5, 5.41) is 7.73. The first-order chi connectivity index (χ1) is 12.0. The van der Waals surface area contributed by atoms with E-state index in [2.05, 4.69) is 29.0 Å². The van der Waals surface area contributed by atoms with Gasteiger partial charge in [-0.2, -0.15) is 0 Å². The second kappa shape index (κ2) is 7.91. The topological polar surface area (TPSA) is 71.1 Å². The number of hydrogen-bond donors (Lipinski definition) is 1. The first-order valence-corrected chi connectivity index (χ1v) is 9.51. The predicted octanol–water partition coefficient (Wildman–Crippen LogP) is 3.08. The van der Waals surface area contributed by atoms with E-state index in [-0.39, 0.29) is 5.91 Å². The summed E-state index contributed by atoms with van der Waals surface area (Å²) in [6.45, 7) is 6.13. The van der Waals surface area contributed by atoms with Crippen LogP contribution in [0.5, 0.6) is 5.75 Å². The van der Waals surface area contributed by atoms with Crippen molar-refractivity contribution in [2.75, 3.05) is 26.0 Å². The zero-order valence-corrected chi connectivity index (χ0v) is 15.7. The monoisotopic (exact) mass is 360 g/mol. The number of nitrogens with zero attached hydrogens (tertiary/aromatic N) is 3. The summed E-state index contributed by atoms with van der Waals surface area (Å²) in [5.74, 6) is 3.18. The highest BCUT2D eigenvalue weighted by Crippen LogP contribution is 2.24. The van der Waals surface area contributed by atoms with E-state index in [1.165, 1.54) is 18.2 Å². The van der Waals surface area contributed by atoms with Crippen LogP contribution in [0, 0.1) is 11.8 Å². The van der Waals surface area contributed by atoms with Crippen molar-refractivity contribution >= 4 is 17.7 Å². The van der Waals surface area contributed by atoms with Crippen LogP contribution in [0.25, 0.3) is 11.4 Å². The van der Waals surface area contributed by atoms with Crippen LogP contribution < -0.4 is 4.74 Å². The number of ether oxygens (including phenoxy) is 1. The molecule has 7 heteroatoms. The Bertz CT molecular complexity index is 706.